The topological polar surface area (TPSA) is 46.6 Å². The summed E-state index contributed by atoms with van der Waals surface area (Å²) in [4.78, 5) is 28.6. The lowest BCUT2D eigenvalue weighted by Gasteiger charge is -2.41. The average molecular weight is 389 g/mol. The first-order chi connectivity index (χ1) is 13.8. The fraction of sp³-hybridized carbons (Fsp3) is 0.360. The van der Waals surface area contributed by atoms with Gasteiger partial charge in [-0.3, -0.25) is 14.5 Å². The van der Waals surface area contributed by atoms with Crippen LogP contribution in [0.4, 0.5) is 0 Å². The number of carbonyl (C=O) groups excluding carboxylic acids is 2. The SMILES string of the molecule is CC(C)(C)OC(=O)C1CC2(c3ccccc3)C(=O)C=CC1N2Cc1ccccc1. The normalized spacial score (nSPS) is 26.5. The van der Waals surface area contributed by atoms with Gasteiger partial charge in [0.15, 0.2) is 5.78 Å². The molecule has 2 aromatic carbocycles. The zero-order valence-electron chi connectivity index (χ0n) is 17.2. The third kappa shape index (κ3) is 3.53. The number of benzene rings is 2. The molecule has 2 heterocycles. The summed E-state index contributed by atoms with van der Waals surface area (Å²) in [6, 6.07) is 19.7. The van der Waals surface area contributed by atoms with Crippen molar-refractivity contribution in [2.24, 2.45) is 5.92 Å². The number of esters is 1. The van der Waals surface area contributed by atoms with Crippen molar-refractivity contribution in [2.45, 2.75) is 50.9 Å². The molecule has 3 unspecified atom stereocenters. The maximum Gasteiger partial charge on any atom is 0.311 e. The van der Waals surface area contributed by atoms with Crippen molar-refractivity contribution in [3.05, 3.63) is 83.9 Å². The number of hydrogen-bond donors (Lipinski definition) is 0. The van der Waals surface area contributed by atoms with Gasteiger partial charge in [0.25, 0.3) is 0 Å². The Bertz CT molecular complexity index is 930. The molecule has 2 aromatic rings. The highest BCUT2D eigenvalue weighted by Crippen LogP contribution is 2.50. The maximum atomic E-state index is 13.3. The van der Waals surface area contributed by atoms with Gasteiger partial charge in [-0.05, 0) is 44.4 Å². The number of rotatable bonds is 4. The van der Waals surface area contributed by atoms with Crippen molar-refractivity contribution >= 4 is 11.8 Å². The smallest absolute Gasteiger partial charge is 0.311 e. The Morgan fingerprint density at radius 1 is 1.07 bits per heavy atom. The van der Waals surface area contributed by atoms with Gasteiger partial charge in [0.05, 0.1) is 5.92 Å². The van der Waals surface area contributed by atoms with Gasteiger partial charge in [0.2, 0.25) is 0 Å². The van der Waals surface area contributed by atoms with E-state index in [0.29, 0.717) is 13.0 Å². The Morgan fingerprint density at radius 3 is 2.31 bits per heavy atom. The first kappa shape index (κ1) is 19.6. The fourth-order valence-corrected chi connectivity index (χ4v) is 4.59. The molecule has 0 spiro atoms. The first-order valence-corrected chi connectivity index (χ1v) is 10.1. The van der Waals surface area contributed by atoms with Crippen molar-refractivity contribution in [3.63, 3.8) is 0 Å². The van der Waals surface area contributed by atoms with Crippen LogP contribution in [0.3, 0.4) is 0 Å². The molecule has 0 aliphatic carbocycles. The number of carbonyl (C=O) groups is 2. The summed E-state index contributed by atoms with van der Waals surface area (Å²) in [6.45, 7) is 6.22. The fourth-order valence-electron chi connectivity index (χ4n) is 4.59. The van der Waals surface area contributed by atoms with Gasteiger partial charge in [-0.1, -0.05) is 66.7 Å². The van der Waals surface area contributed by atoms with Crippen LogP contribution in [0.25, 0.3) is 0 Å². The minimum atomic E-state index is -0.849. The van der Waals surface area contributed by atoms with Gasteiger partial charge in [0, 0.05) is 12.6 Å². The zero-order valence-corrected chi connectivity index (χ0v) is 17.2. The van der Waals surface area contributed by atoms with E-state index >= 15 is 0 Å². The van der Waals surface area contributed by atoms with Gasteiger partial charge in [-0.2, -0.15) is 0 Å². The van der Waals surface area contributed by atoms with E-state index in [4.69, 9.17) is 4.74 Å². The third-order valence-electron chi connectivity index (χ3n) is 5.79. The monoisotopic (exact) mass is 389 g/mol. The summed E-state index contributed by atoms with van der Waals surface area (Å²) >= 11 is 0. The number of ketones is 1. The molecule has 1 saturated heterocycles. The predicted octanol–water partition coefficient (Wildman–Crippen LogP) is 4.25. The molecule has 2 aliphatic heterocycles. The molecule has 2 aliphatic rings. The molecule has 0 amide bonds. The van der Waals surface area contributed by atoms with Crippen molar-refractivity contribution in [3.8, 4) is 0 Å². The summed E-state index contributed by atoms with van der Waals surface area (Å²) in [5.74, 6) is -0.597. The van der Waals surface area contributed by atoms with Crippen LogP contribution in [0.1, 0.15) is 38.3 Å². The molecule has 2 bridgehead atoms. The van der Waals surface area contributed by atoms with Gasteiger partial charge in [-0.15, -0.1) is 0 Å². The van der Waals surface area contributed by atoms with Crippen LogP contribution >= 0.6 is 0 Å². The molecular formula is C25H27NO3. The first-order valence-electron chi connectivity index (χ1n) is 10.1. The Balaban J connectivity index is 1.79. The van der Waals surface area contributed by atoms with E-state index < -0.39 is 11.1 Å². The molecule has 0 saturated carbocycles. The van der Waals surface area contributed by atoms with E-state index in [9.17, 15) is 9.59 Å². The van der Waals surface area contributed by atoms with Crippen LogP contribution in [-0.4, -0.2) is 28.3 Å². The Hall–Kier alpha value is -2.72. The summed E-state index contributed by atoms with van der Waals surface area (Å²) in [5, 5.41) is 0. The van der Waals surface area contributed by atoms with Crippen LogP contribution in [-0.2, 0) is 26.4 Å². The largest absolute Gasteiger partial charge is 0.460 e. The van der Waals surface area contributed by atoms with Crippen LogP contribution in [0.2, 0.25) is 0 Å². The Labute approximate surface area is 172 Å². The van der Waals surface area contributed by atoms with Gasteiger partial charge < -0.3 is 4.74 Å². The van der Waals surface area contributed by atoms with E-state index in [-0.39, 0.29) is 23.7 Å². The lowest BCUT2D eigenvalue weighted by Crippen LogP contribution is -2.51. The summed E-state index contributed by atoms with van der Waals surface area (Å²) in [6.07, 6.45) is 3.97. The minimum absolute atomic E-state index is 0.0296. The highest BCUT2D eigenvalue weighted by Gasteiger charge is 2.59. The third-order valence-corrected chi connectivity index (χ3v) is 5.79. The van der Waals surface area contributed by atoms with E-state index in [2.05, 4.69) is 17.0 Å². The van der Waals surface area contributed by atoms with Gasteiger partial charge in [0.1, 0.15) is 11.1 Å². The van der Waals surface area contributed by atoms with Gasteiger partial charge in [-0.25, -0.2) is 0 Å². The predicted molar refractivity (Wildman–Crippen MR) is 112 cm³/mol. The van der Waals surface area contributed by atoms with E-state index in [1.807, 2.05) is 75.4 Å². The van der Waals surface area contributed by atoms with E-state index in [0.717, 1.165) is 11.1 Å². The Morgan fingerprint density at radius 2 is 1.69 bits per heavy atom. The van der Waals surface area contributed by atoms with Crippen molar-refractivity contribution in [2.75, 3.05) is 0 Å². The van der Waals surface area contributed by atoms with Crippen molar-refractivity contribution in [1.29, 1.82) is 0 Å². The second kappa shape index (κ2) is 7.27. The van der Waals surface area contributed by atoms with E-state index in [1.54, 1.807) is 6.08 Å². The molecule has 3 atom stereocenters. The van der Waals surface area contributed by atoms with Crippen LogP contribution in [0.5, 0.6) is 0 Å². The molecule has 4 rings (SSSR count). The summed E-state index contributed by atoms with van der Waals surface area (Å²) in [5.41, 5.74) is 0.635. The number of hydrogen-bond acceptors (Lipinski definition) is 4. The number of fused-ring (bicyclic) bond motifs is 2. The average Bonchev–Trinajstić information content (AvgIpc) is 2.92. The lowest BCUT2D eigenvalue weighted by atomic mass is 9.81. The highest BCUT2D eigenvalue weighted by atomic mass is 16.6. The summed E-state index contributed by atoms with van der Waals surface area (Å²) in [7, 11) is 0. The van der Waals surface area contributed by atoms with E-state index in [1.165, 1.54) is 0 Å². The molecule has 1 fully saturated rings. The molecular weight excluding hydrogens is 362 g/mol. The molecule has 29 heavy (non-hydrogen) atoms. The minimum Gasteiger partial charge on any atom is -0.460 e. The zero-order chi connectivity index (χ0) is 20.6. The molecule has 0 N–H and O–H groups in total. The second-order valence-corrected chi connectivity index (χ2v) is 8.90. The van der Waals surface area contributed by atoms with Crippen LogP contribution in [0.15, 0.2) is 72.8 Å². The quantitative estimate of drug-likeness (QED) is 0.734. The summed E-state index contributed by atoms with van der Waals surface area (Å²) < 4.78 is 5.73. The Kier molecular flexibility index (Phi) is 4.91. The van der Waals surface area contributed by atoms with Crippen LogP contribution in [0, 0.1) is 5.92 Å². The molecule has 0 aromatic heterocycles. The van der Waals surface area contributed by atoms with Crippen molar-refractivity contribution < 1.29 is 14.3 Å². The maximum absolute atomic E-state index is 13.3. The molecule has 4 nitrogen and oxygen atoms in total. The highest BCUT2D eigenvalue weighted by molar-refractivity contribution is 6.01. The van der Waals surface area contributed by atoms with Crippen molar-refractivity contribution in [1.82, 2.24) is 4.90 Å². The molecule has 0 radical (unpaired) electrons. The number of ether oxygens (including phenoxy) is 1. The standard InChI is InChI=1S/C25H27NO3/c1-24(2,3)29-23(28)20-16-25(19-12-8-5-9-13-19)22(27)15-14-21(20)26(25)17-18-10-6-4-7-11-18/h4-15,20-21H,16-17H2,1-3H3. The second-order valence-electron chi connectivity index (χ2n) is 8.90. The number of nitrogens with zero attached hydrogens (tertiary/aromatic N) is 1. The van der Waals surface area contributed by atoms with Crippen LogP contribution < -0.4 is 0 Å². The molecule has 150 valence electrons. The lowest BCUT2D eigenvalue weighted by molar-refractivity contribution is -0.160. The molecule has 4 heteroatoms. The van der Waals surface area contributed by atoms with Gasteiger partial charge >= 0.3 is 5.97 Å².